The van der Waals surface area contributed by atoms with Crippen LogP contribution in [0, 0.1) is 25.5 Å². The number of rotatable bonds is 2. The molecule has 0 aliphatic rings. The summed E-state index contributed by atoms with van der Waals surface area (Å²) >= 11 is 0. The molecule has 2 aromatic rings. The van der Waals surface area contributed by atoms with Crippen molar-refractivity contribution in [3.8, 4) is 11.1 Å². The van der Waals surface area contributed by atoms with Crippen LogP contribution in [0.1, 0.15) is 16.7 Å². The van der Waals surface area contributed by atoms with Gasteiger partial charge in [0, 0.05) is 18.2 Å². The Morgan fingerprint density at radius 3 is 2.05 bits per heavy atom. The standard InChI is InChI=1S/C15H15F2N.ClH/c1-9-5-11(6-10(2)14(9)8-18)13-4-3-12(16)7-15(13)17;/h3-7H,8,18H2,1-2H3;1H. The van der Waals surface area contributed by atoms with Gasteiger partial charge in [-0.1, -0.05) is 12.1 Å². The van der Waals surface area contributed by atoms with E-state index in [0.29, 0.717) is 12.1 Å². The summed E-state index contributed by atoms with van der Waals surface area (Å²) in [5, 5.41) is 0. The molecule has 0 atom stereocenters. The number of hydrogen-bond donors (Lipinski definition) is 1. The molecule has 0 aliphatic heterocycles. The summed E-state index contributed by atoms with van der Waals surface area (Å²) in [6.07, 6.45) is 0. The first kappa shape index (κ1) is 15.6. The second-order valence-electron chi connectivity index (χ2n) is 4.42. The normalized spacial score (nSPS) is 10.2. The van der Waals surface area contributed by atoms with Crippen molar-refractivity contribution in [3.63, 3.8) is 0 Å². The van der Waals surface area contributed by atoms with Crippen LogP contribution in [0.25, 0.3) is 11.1 Å². The summed E-state index contributed by atoms with van der Waals surface area (Å²) in [5.74, 6) is -1.11. The summed E-state index contributed by atoms with van der Waals surface area (Å²) in [6, 6.07) is 7.38. The van der Waals surface area contributed by atoms with Crippen LogP contribution in [0.3, 0.4) is 0 Å². The van der Waals surface area contributed by atoms with Crippen molar-refractivity contribution < 1.29 is 8.78 Å². The number of halogens is 3. The van der Waals surface area contributed by atoms with Crippen molar-refractivity contribution in [2.75, 3.05) is 0 Å². The molecule has 0 spiro atoms. The Balaban J connectivity index is 0.00000180. The van der Waals surface area contributed by atoms with E-state index >= 15 is 0 Å². The molecular formula is C15H16ClF2N. The lowest BCUT2D eigenvalue weighted by Crippen LogP contribution is -2.02. The Bertz CT molecular complexity index is 574. The minimum absolute atomic E-state index is 0. The van der Waals surface area contributed by atoms with E-state index in [4.69, 9.17) is 5.73 Å². The van der Waals surface area contributed by atoms with Gasteiger partial charge in [0.15, 0.2) is 0 Å². The SMILES string of the molecule is Cc1cc(-c2ccc(F)cc2F)cc(C)c1CN.Cl. The first-order valence-corrected chi connectivity index (χ1v) is 5.78. The third kappa shape index (κ3) is 3.11. The molecule has 102 valence electrons. The Kier molecular flexibility index (Phi) is 5.04. The van der Waals surface area contributed by atoms with Crippen LogP contribution < -0.4 is 5.73 Å². The molecule has 0 aliphatic carbocycles. The molecule has 0 bridgehead atoms. The van der Waals surface area contributed by atoms with Crippen LogP contribution in [0.15, 0.2) is 30.3 Å². The Hall–Kier alpha value is -1.45. The molecule has 19 heavy (non-hydrogen) atoms. The zero-order chi connectivity index (χ0) is 13.3. The highest BCUT2D eigenvalue weighted by Crippen LogP contribution is 2.27. The monoisotopic (exact) mass is 283 g/mol. The van der Waals surface area contributed by atoms with Crippen LogP contribution >= 0.6 is 12.4 Å². The fourth-order valence-corrected chi connectivity index (χ4v) is 2.19. The third-order valence-electron chi connectivity index (χ3n) is 3.14. The van der Waals surface area contributed by atoms with E-state index in [1.165, 1.54) is 12.1 Å². The summed E-state index contributed by atoms with van der Waals surface area (Å²) in [6.45, 7) is 4.35. The fourth-order valence-electron chi connectivity index (χ4n) is 2.19. The lowest BCUT2D eigenvalue weighted by atomic mass is 9.95. The van der Waals surface area contributed by atoms with Gasteiger partial charge < -0.3 is 5.73 Å². The van der Waals surface area contributed by atoms with Crippen molar-refractivity contribution in [3.05, 3.63) is 58.7 Å². The van der Waals surface area contributed by atoms with Crippen molar-refractivity contribution in [1.82, 2.24) is 0 Å². The van der Waals surface area contributed by atoms with E-state index in [1.54, 1.807) is 0 Å². The van der Waals surface area contributed by atoms with Gasteiger partial charge in [-0.15, -0.1) is 12.4 Å². The van der Waals surface area contributed by atoms with Crippen molar-refractivity contribution in [1.29, 1.82) is 0 Å². The summed E-state index contributed by atoms with van der Waals surface area (Å²) in [4.78, 5) is 0. The average Bonchev–Trinajstić information content (AvgIpc) is 2.28. The minimum Gasteiger partial charge on any atom is -0.326 e. The predicted octanol–water partition coefficient (Wildman–Crippen LogP) is 4.13. The van der Waals surface area contributed by atoms with E-state index < -0.39 is 11.6 Å². The quantitative estimate of drug-likeness (QED) is 0.881. The van der Waals surface area contributed by atoms with Gasteiger partial charge in [-0.3, -0.25) is 0 Å². The Morgan fingerprint density at radius 2 is 1.58 bits per heavy atom. The maximum atomic E-state index is 13.7. The van der Waals surface area contributed by atoms with Crippen LogP contribution in [-0.4, -0.2) is 0 Å². The van der Waals surface area contributed by atoms with E-state index in [1.807, 2.05) is 26.0 Å². The first-order chi connectivity index (χ1) is 8.52. The number of aryl methyl sites for hydroxylation is 2. The molecule has 2 N–H and O–H groups in total. The highest BCUT2D eigenvalue weighted by Gasteiger charge is 2.09. The smallest absolute Gasteiger partial charge is 0.133 e. The largest absolute Gasteiger partial charge is 0.326 e. The zero-order valence-electron chi connectivity index (χ0n) is 10.8. The highest BCUT2D eigenvalue weighted by atomic mass is 35.5. The van der Waals surface area contributed by atoms with Crippen LogP contribution in [-0.2, 0) is 6.54 Å². The predicted molar refractivity (Wildman–Crippen MR) is 76.4 cm³/mol. The summed E-state index contributed by atoms with van der Waals surface area (Å²) in [7, 11) is 0. The van der Waals surface area contributed by atoms with Crippen molar-refractivity contribution in [2.24, 2.45) is 5.73 Å². The number of nitrogens with two attached hydrogens (primary N) is 1. The molecule has 0 radical (unpaired) electrons. The molecule has 2 aromatic carbocycles. The van der Waals surface area contributed by atoms with Gasteiger partial charge in [-0.25, -0.2) is 8.78 Å². The molecule has 0 saturated carbocycles. The van der Waals surface area contributed by atoms with Gasteiger partial charge in [0.25, 0.3) is 0 Å². The van der Waals surface area contributed by atoms with Gasteiger partial charge >= 0.3 is 0 Å². The molecule has 0 saturated heterocycles. The van der Waals surface area contributed by atoms with E-state index in [0.717, 1.165) is 28.3 Å². The Morgan fingerprint density at radius 1 is 1.00 bits per heavy atom. The number of benzene rings is 2. The maximum Gasteiger partial charge on any atom is 0.133 e. The van der Waals surface area contributed by atoms with Crippen LogP contribution in [0.5, 0.6) is 0 Å². The highest BCUT2D eigenvalue weighted by molar-refractivity contribution is 5.85. The summed E-state index contributed by atoms with van der Waals surface area (Å²) in [5.41, 5.74) is 9.94. The molecule has 0 heterocycles. The molecule has 0 aromatic heterocycles. The summed E-state index contributed by atoms with van der Waals surface area (Å²) < 4.78 is 26.6. The molecule has 1 nitrogen and oxygen atoms in total. The van der Waals surface area contributed by atoms with Crippen LogP contribution in [0.2, 0.25) is 0 Å². The lowest BCUT2D eigenvalue weighted by molar-refractivity contribution is 0.585. The number of hydrogen-bond acceptors (Lipinski definition) is 1. The molecule has 0 fully saturated rings. The zero-order valence-corrected chi connectivity index (χ0v) is 11.7. The maximum absolute atomic E-state index is 13.7. The van der Waals surface area contributed by atoms with Crippen molar-refractivity contribution >= 4 is 12.4 Å². The van der Waals surface area contributed by atoms with E-state index in [-0.39, 0.29) is 12.4 Å². The average molecular weight is 284 g/mol. The molecule has 0 unspecified atom stereocenters. The molecule has 0 amide bonds. The van der Waals surface area contributed by atoms with Gasteiger partial charge in [-0.05, 0) is 48.2 Å². The second kappa shape index (κ2) is 6.13. The first-order valence-electron chi connectivity index (χ1n) is 5.78. The topological polar surface area (TPSA) is 26.0 Å². The van der Waals surface area contributed by atoms with Gasteiger partial charge in [0.05, 0.1) is 0 Å². The lowest BCUT2D eigenvalue weighted by Gasteiger charge is -2.11. The van der Waals surface area contributed by atoms with Crippen molar-refractivity contribution in [2.45, 2.75) is 20.4 Å². The fraction of sp³-hybridized carbons (Fsp3) is 0.200. The second-order valence-corrected chi connectivity index (χ2v) is 4.42. The van der Waals surface area contributed by atoms with Gasteiger partial charge in [0.1, 0.15) is 11.6 Å². The molecule has 2 rings (SSSR count). The minimum atomic E-state index is -0.566. The third-order valence-corrected chi connectivity index (χ3v) is 3.14. The van der Waals surface area contributed by atoms with Crippen LogP contribution in [0.4, 0.5) is 8.78 Å². The van der Waals surface area contributed by atoms with E-state index in [9.17, 15) is 8.78 Å². The Labute approximate surface area is 117 Å². The van der Waals surface area contributed by atoms with Gasteiger partial charge in [0.2, 0.25) is 0 Å². The molecular weight excluding hydrogens is 268 g/mol. The van der Waals surface area contributed by atoms with Gasteiger partial charge in [-0.2, -0.15) is 0 Å². The van der Waals surface area contributed by atoms with E-state index in [2.05, 4.69) is 0 Å². The molecule has 4 heteroatoms.